The first-order chi connectivity index (χ1) is 13.2. The van der Waals surface area contributed by atoms with Crippen molar-refractivity contribution in [3.05, 3.63) is 55.6 Å². The number of aromatic nitrogens is 1. The summed E-state index contributed by atoms with van der Waals surface area (Å²) in [6.45, 7) is 3.48. The summed E-state index contributed by atoms with van der Waals surface area (Å²) in [5, 5.41) is 0.102. The van der Waals surface area contributed by atoms with Crippen LogP contribution in [0.1, 0.15) is 17.0 Å². The number of thioether (sulfide) groups is 1. The van der Waals surface area contributed by atoms with Gasteiger partial charge in [0.1, 0.15) is 6.54 Å². The highest BCUT2D eigenvalue weighted by atomic mass is 79.9. The number of aryl methyl sites for hydroxylation is 1. The summed E-state index contributed by atoms with van der Waals surface area (Å²) in [4.78, 5) is 37.2. The van der Waals surface area contributed by atoms with Crippen molar-refractivity contribution in [3.63, 3.8) is 0 Å². The van der Waals surface area contributed by atoms with Gasteiger partial charge in [-0.1, -0.05) is 11.6 Å². The average molecular weight is 484 g/mol. The van der Waals surface area contributed by atoms with E-state index in [0.717, 1.165) is 43.8 Å². The molecule has 0 aliphatic carbocycles. The number of amides is 2. The van der Waals surface area contributed by atoms with Crippen molar-refractivity contribution in [2.45, 2.75) is 13.8 Å². The lowest BCUT2D eigenvalue weighted by molar-refractivity contribution is -0.143. The maximum atomic E-state index is 12.5. The van der Waals surface area contributed by atoms with Crippen molar-refractivity contribution in [2.75, 3.05) is 13.7 Å². The first-order valence-corrected chi connectivity index (χ1v) is 10.2. The molecule has 1 aromatic heterocycles. The smallest absolute Gasteiger partial charge is 0.325 e. The number of ether oxygens (including phenoxy) is 1. The van der Waals surface area contributed by atoms with Gasteiger partial charge in [-0.3, -0.25) is 19.3 Å². The molecule has 2 aromatic rings. The van der Waals surface area contributed by atoms with Crippen LogP contribution in [0.5, 0.6) is 0 Å². The lowest BCUT2D eigenvalue weighted by Gasteiger charge is -2.11. The standard InChI is InChI=1S/C19H16BrClN2O4S/c1-10-6-12(11(2)23(10)13-4-5-14(20)15(21)8-13)7-16-18(25)22(19(26)28-16)9-17(24)27-3/h4-8H,9H2,1-3H3/b16-7-. The molecule has 1 fully saturated rings. The number of methoxy groups -OCH3 is 1. The Morgan fingerprint density at radius 2 is 2.00 bits per heavy atom. The summed E-state index contributed by atoms with van der Waals surface area (Å²) in [7, 11) is 1.21. The number of imide groups is 1. The number of halogens is 2. The van der Waals surface area contributed by atoms with E-state index in [0.29, 0.717) is 5.02 Å². The van der Waals surface area contributed by atoms with E-state index in [2.05, 4.69) is 20.7 Å². The van der Waals surface area contributed by atoms with Gasteiger partial charge < -0.3 is 9.30 Å². The van der Waals surface area contributed by atoms with E-state index in [1.54, 1.807) is 6.08 Å². The number of benzene rings is 1. The fourth-order valence-corrected chi connectivity index (χ4v) is 4.18. The minimum Gasteiger partial charge on any atom is -0.468 e. The molecular formula is C19H16BrClN2O4S. The summed E-state index contributed by atoms with van der Waals surface area (Å²) in [5.74, 6) is -1.15. The van der Waals surface area contributed by atoms with E-state index in [-0.39, 0.29) is 4.91 Å². The fourth-order valence-electron chi connectivity index (χ4n) is 2.93. The minimum atomic E-state index is -0.645. The van der Waals surface area contributed by atoms with E-state index in [1.165, 1.54) is 7.11 Å². The summed E-state index contributed by atoms with van der Waals surface area (Å²) in [6, 6.07) is 7.58. The molecule has 3 rings (SSSR count). The molecule has 2 amide bonds. The third kappa shape index (κ3) is 3.90. The van der Waals surface area contributed by atoms with Crippen molar-refractivity contribution in [3.8, 4) is 5.69 Å². The Bertz CT molecular complexity index is 1030. The van der Waals surface area contributed by atoms with Gasteiger partial charge in [0, 0.05) is 21.5 Å². The Kier molecular flexibility index (Phi) is 6.02. The maximum Gasteiger partial charge on any atom is 0.325 e. The Morgan fingerprint density at radius 3 is 2.64 bits per heavy atom. The topological polar surface area (TPSA) is 68.6 Å². The zero-order valence-electron chi connectivity index (χ0n) is 15.3. The molecular weight excluding hydrogens is 468 g/mol. The molecule has 0 saturated carbocycles. The van der Waals surface area contributed by atoms with Gasteiger partial charge in [0.25, 0.3) is 11.1 Å². The van der Waals surface area contributed by atoms with Crippen LogP contribution in [0.2, 0.25) is 5.02 Å². The second-order valence-electron chi connectivity index (χ2n) is 6.10. The Hall–Kier alpha value is -2.03. The number of nitrogens with zero attached hydrogens (tertiary/aromatic N) is 2. The number of carbonyl (C=O) groups is 3. The number of hydrogen-bond donors (Lipinski definition) is 0. The molecule has 0 atom stereocenters. The normalized spacial score (nSPS) is 15.6. The van der Waals surface area contributed by atoms with Gasteiger partial charge in [0.15, 0.2) is 0 Å². The summed E-state index contributed by atoms with van der Waals surface area (Å²) < 4.78 is 7.36. The van der Waals surface area contributed by atoms with Gasteiger partial charge in [0.2, 0.25) is 0 Å². The molecule has 1 saturated heterocycles. The van der Waals surface area contributed by atoms with Crippen molar-refractivity contribution in [1.82, 2.24) is 9.47 Å². The maximum absolute atomic E-state index is 12.5. The molecule has 0 N–H and O–H groups in total. The lowest BCUT2D eigenvalue weighted by Crippen LogP contribution is -2.34. The predicted octanol–water partition coefficient (Wildman–Crippen LogP) is 4.72. The SMILES string of the molecule is COC(=O)CN1C(=O)S/C(=C\c2cc(C)n(-c3ccc(Br)c(Cl)c3)c2C)C1=O. The Morgan fingerprint density at radius 1 is 1.29 bits per heavy atom. The van der Waals surface area contributed by atoms with Crippen LogP contribution in [0.25, 0.3) is 11.8 Å². The molecule has 0 bridgehead atoms. The van der Waals surface area contributed by atoms with Crippen LogP contribution in [0.15, 0.2) is 33.6 Å². The summed E-state index contributed by atoms with van der Waals surface area (Å²) in [6.07, 6.45) is 1.67. The molecule has 1 aliphatic rings. The highest BCUT2D eigenvalue weighted by Crippen LogP contribution is 2.34. The highest BCUT2D eigenvalue weighted by molar-refractivity contribution is 9.10. The van der Waals surface area contributed by atoms with E-state index in [9.17, 15) is 14.4 Å². The molecule has 1 aromatic carbocycles. The monoisotopic (exact) mass is 482 g/mol. The molecule has 1 aliphatic heterocycles. The first kappa shape index (κ1) is 20.7. The van der Waals surface area contributed by atoms with Gasteiger partial charge in [-0.2, -0.15) is 0 Å². The average Bonchev–Trinajstić information content (AvgIpc) is 3.07. The lowest BCUT2D eigenvalue weighted by atomic mass is 10.2. The molecule has 0 radical (unpaired) electrons. The molecule has 9 heteroatoms. The second kappa shape index (κ2) is 8.14. The van der Waals surface area contributed by atoms with Gasteiger partial charge in [0.05, 0.1) is 17.0 Å². The number of esters is 1. The van der Waals surface area contributed by atoms with Crippen LogP contribution in [0.3, 0.4) is 0 Å². The molecule has 2 heterocycles. The van der Waals surface area contributed by atoms with Crippen molar-refractivity contribution >= 4 is 62.5 Å². The predicted molar refractivity (Wildman–Crippen MR) is 113 cm³/mol. The number of carbonyl (C=O) groups excluding carboxylic acids is 3. The zero-order chi connectivity index (χ0) is 20.6. The zero-order valence-corrected chi connectivity index (χ0v) is 18.4. The van der Waals surface area contributed by atoms with Crippen LogP contribution >= 0.6 is 39.3 Å². The van der Waals surface area contributed by atoms with E-state index in [4.69, 9.17) is 11.6 Å². The second-order valence-corrected chi connectivity index (χ2v) is 8.36. The fraction of sp³-hybridized carbons (Fsp3) is 0.211. The Labute approximate surface area is 179 Å². The van der Waals surface area contributed by atoms with Crippen LogP contribution in [0, 0.1) is 13.8 Å². The van der Waals surface area contributed by atoms with Gasteiger partial charge >= 0.3 is 5.97 Å². The third-order valence-corrected chi connectivity index (χ3v) is 6.45. The summed E-state index contributed by atoms with van der Waals surface area (Å²) >= 11 is 10.4. The molecule has 6 nitrogen and oxygen atoms in total. The molecule has 28 heavy (non-hydrogen) atoms. The van der Waals surface area contributed by atoms with Gasteiger partial charge in [-0.05, 0) is 77.4 Å². The van der Waals surface area contributed by atoms with Crippen molar-refractivity contribution in [2.24, 2.45) is 0 Å². The highest BCUT2D eigenvalue weighted by Gasteiger charge is 2.36. The van der Waals surface area contributed by atoms with Crippen molar-refractivity contribution < 1.29 is 19.1 Å². The van der Waals surface area contributed by atoms with Crippen LogP contribution in [-0.4, -0.2) is 40.2 Å². The van der Waals surface area contributed by atoms with E-state index < -0.39 is 23.7 Å². The number of hydrogen-bond acceptors (Lipinski definition) is 5. The first-order valence-electron chi connectivity index (χ1n) is 8.19. The van der Waals surface area contributed by atoms with Crippen LogP contribution in [0.4, 0.5) is 4.79 Å². The quantitative estimate of drug-likeness (QED) is 0.465. The van der Waals surface area contributed by atoms with Crippen LogP contribution < -0.4 is 0 Å². The summed E-state index contributed by atoms with van der Waals surface area (Å²) in [5.41, 5.74) is 3.55. The van der Waals surface area contributed by atoms with Gasteiger partial charge in [-0.15, -0.1) is 0 Å². The largest absolute Gasteiger partial charge is 0.468 e. The van der Waals surface area contributed by atoms with E-state index in [1.807, 2.05) is 42.7 Å². The Balaban J connectivity index is 1.95. The molecule has 146 valence electrons. The van der Waals surface area contributed by atoms with Crippen LogP contribution in [-0.2, 0) is 14.3 Å². The molecule has 0 spiro atoms. The van der Waals surface area contributed by atoms with Crippen molar-refractivity contribution in [1.29, 1.82) is 0 Å². The number of rotatable bonds is 4. The third-order valence-electron chi connectivity index (χ3n) is 4.31. The van der Waals surface area contributed by atoms with E-state index >= 15 is 0 Å². The van der Waals surface area contributed by atoms with Gasteiger partial charge in [-0.25, -0.2) is 0 Å². The minimum absolute atomic E-state index is 0.267. The molecule has 0 unspecified atom stereocenters.